The third kappa shape index (κ3) is 3.14. The number of hydrogen-bond acceptors (Lipinski definition) is 3. The first-order chi connectivity index (χ1) is 9.11. The van der Waals surface area contributed by atoms with Crippen LogP contribution in [0.2, 0.25) is 0 Å². The fourth-order valence-corrected chi connectivity index (χ4v) is 6.16. The highest BCUT2D eigenvalue weighted by Crippen LogP contribution is 2.34. The molecule has 2 fully saturated rings. The lowest BCUT2D eigenvalue weighted by Gasteiger charge is -2.35. The van der Waals surface area contributed by atoms with Gasteiger partial charge in [0, 0.05) is 12.6 Å². The Morgan fingerprint density at radius 2 is 1.74 bits per heavy atom. The van der Waals surface area contributed by atoms with Gasteiger partial charge in [-0.25, -0.2) is 8.42 Å². The second-order valence-electron chi connectivity index (χ2n) is 6.00. The molecule has 0 radical (unpaired) electrons. The van der Waals surface area contributed by atoms with E-state index in [-0.39, 0.29) is 11.3 Å². The minimum atomic E-state index is -3.12. The van der Waals surface area contributed by atoms with E-state index in [0.717, 1.165) is 44.9 Å². The van der Waals surface area contributed by atoms with Crippen molar-refractivity contribution < 1.29 is 8.42 Å². The van der Waals surface area contributed by atoms with Gasteiger partial charge in [0.1, 0.15) is 0 Å². The SMILES string of the molecule is CCN(C1CCCC1CN)S(=O)(=O)C1CCCCC1. The average molecular weight is 288 g/mol. The van der Waals surface area contributed by atoms with Crippen molar-refractivity contribution in [2.45, 2.75) is 69.6 Å². The van der Waals surface area contributed by atoms with Gasteiger partial charge in [-0.3, -0.25) is 0 Å². The van der Waals surface area contributed by atoms with E-state index in [1.165, 1.54) is 6.42 Å². The fourth-order valence-electron chi connectivity index (χ4n) is 3.83. The van der Waals surface area contributed by atoms with Gasteiger partial charge < -0.3 is 5.73 Å². The molecule has 0 aromatic heterocycles. The monoisotopic (exact) mass is 288 g/mol. The van der Waals surface area contributed by atoms with Crippen molar-refractivity contribution in [2.75, 3.05) is 13.1 Å². The highest BCUT2D eigenvalue weighted by atomic mass is 32.2. The first kappa shape index (κ1) is 15.3. The largest absolute Gasteiger partial charge is 0.330 e. The summed E-state index contributed by atoms with van der Waals surface area (Å²) < 4.78 is 27.5. The van der Waals surface area contributed by atoms with Gasteiger partial charge in [0.05, 0.1) is 5.25 Å². The van der Waals surface area contributed by atoms with Crippen LogP contribution in [0.3, 0.4) is 0 Å². The zero-order chi connectivity index (χ0) is 13.9. The molecule has 2 aliphatic rings. The zero-order valence-electron chi connectivity index (χ0n) is 12.1. The molecule has 0 bridgehead atoms. The molecule has 5 heteroatoms. The van der Waals surface area contributed by atoms with Gasteiger partial charge in [-0.1, -0.05) is 32.6 Å². The average Bonchev–Trinajstić information content (AvgIpc) is 2.88. The summed E-state index contributed by atoms with van der Waals surface area (Å²) in [6.45, 7) is 3.17. The van der Waals surface area contributed by atoms with Crippen molar-refractivity contribution in [1.29, 1.82) is 0 Å². The van der Waals surface area contributed by atoms with Gasteiger partial charge in [0.2, 0.25) is 10.0 Å². The Hall–Kier alpha value is -0.130. The molecule has 4 nitrogen and oxygen atoms in total. The van der Waals surface area contributed by atoms with E-state index in [1.807, 2.05) is 6.92 Å². The minimum Gasteiger partial charge on any atom is -0.330 e. The molecular formula is C14H28N2O2S. The molecule has 2 N–H and O–H groups in total. The normalized spacial score (nSPS) is 30.1. The molecule has 2 atom stereocenters. The Kier molecular flexibility index (Phi) is 5.26. The van der Waals surface area contributed by atoms with Crippen LogP contribution in [0.15, 0.2) is 0 Å². The standard InChI is InChI=1S/C14H28N2O2S/c1-2-16(14-10-6-7-12(14)11-15)19(17,18)13-8-4-3-5-9-13/h12-14H,2-11,15H2,1H3. The second-order valence-corrected chi connectivity index (χ2v) is 8.17. The van der Waals surface area contributed by atoms with E-state index in [9.17, 15) is 8.42 Å². The van der Waals surface area contributed by atoms with Crippen molar-refractivity contribution >= 4 is 10.0 Å². The molecular weight excluding hydrogens is 260 g/mol. The van der Waals surface area contributed by atoms with Crippen molar-refractivity contribution in [3.8, 4) is 0 Å². The molecule has 0 aromatic carbocycles. The van der Waals surface area contributed by atoms with Crippen LogP contribution in [0.25, 0.3) is 0 Å². The van der Waals surface area contributed by atoms with Crippen LogP contribution < -0.4 is 5.73 Å². The summed E-state index contributed by atoms with van der Waals surface area (Å²) in [4.78, 5) is 0. The second kappa shape index (κ2) is 6.55. The van der Waals surface area contributed by atoms with Crippen LogP contribution in [0.5, 0.6) is 0 Å². The quantitative estimate of drug-likeness (QED) is 0.842. The molecule has 0 saturated heterocycles. The van der Waals surface area contributed by atoms with Gasteiger partial charge in [0.25, 0.3) is 0 Å². The van der Waals surface area contributed by atoms with Crippen molar-refractivity contribution in [2.24, 2.45) is 11.7 Å². The molecule has 2 aliphatic carbocycles. The lowest BCUT2D eigenvalue weighted by atomic mass is 10.0. The first-order valence-corrected chi connectivity index (χ1v) is 9.32. The summed E-state index contributed by atoms with van der Waals surface area (Å²) in [5, 5.41) is -0.139. The Labute approximate surface area is 117 Å². The highest BCUT2D eigenvalue weighted by Gasteiger charge is 2.40. The van der Waals surface area contributed by atoms with E-state index in [1.54, 1.807) is 4.31 Å². The van der Waals surface area contributed by atoms with Crippen LogP contribution in [0.4, 0.5) is 0 Å². The van der Waals surface area contributed by atoms with E-state index in [2.05, 4.69) is 0 Å². The fraction of sp³-hybridized carbons (Fsp3) is 1.00. The topological polar surface area (TPSA) is 63.4 Å². The maximum absolute atomic E-state index is 12.9. The van der Waals surface area contributed by atoms with Gasteiger partial charge in [-0.05, 0) is 38.1 Å². The van der Waals surface area contributed by atoms with Crippen LogP contribution in [0.1, 0.15) is 58.3 Å². The predicted molar refractivity (Wildman–Crippen MR) is 78.4 cm³/mol. The lowest BCUT2D eigenvalue weighted by molar-refractivity contribution is 0.270. The Balaban J connectivity index is 2.15. The summed E-state index contributed by atoms with van der Waals surface area (Å²) in [5.41, 5.74) is 5.82. The van der Waals surface area contributed by atoms with E-state index in [0.29, 0.717) is 19.0 Å². The maximum atomic E-state index is 12.9. The number of rotatable bonds is 5. The predicted octanol–water partition coefficient (Wildman–Crippen LogP) is 2.10. The molecule has 2 rings (SSSR count). The van der Waals surface area contributed by atoms with E-state index >= 15 is 0 Å². The number of hydrogen-bond donors (Lipinski definition) is 1. The van der Waals surface area contributed by atoms with Gasteiger partial charge in [-0.15, -0.1) is 0 Å². The molecule has 19 heavy (non-hydrogen) atoms. The Morgan fingerprint density at radius 3 is 2.32 bits per heavy atom. The highest BCUT2D eigenvalue weighted by molar-refractivity contribution is 7.89. The zero-order valence-corrected chi connectivity index (χ0v) is 12.9. The molecule has 112 valence electrons. The van der Waals surface area contributed by atoms with Crippen molar-refractivity contribution in [1.82, 2.24) is 4.31 Å². The lowest BCUT2D eigenvalue weighted by Crippen LogP contribution is -2.48. The maximum Gasteiger partial charge on any atom is 0.217 e. The van der Waals surface area contributed by atoms with Gasteiger partial charge in [0.15, 0.2) is 0 Å². The van der Waals surface area contributed by atoms with Crippen LogP contribution in [-0.2, 0) is 10.0 Å². The van der Waals surface area contributed by atoms with Crippen molar-refractivity contribution in [3.63, 3.8) is 0 Å². The summed E-state index contributed by atoms with van der Waals surface area (Å²) >= 11 is 0. The number of sulfonamides is 1. The van der Waals surface area contributed by atoms with Gasteiger partial charge in [-0.2, -0.15) is 4.31 Å². The summed E-state index contributed by atoms with van der Waals surface area (Å²) in [6.07, 6.45) is 8.19. The van der Waals surface area contributed by atoms with Crippen LogP contribution in [0, 0.1) is 5.92 Å². The summed E-state index contributed by atoms with van der Waals surface area (Å²) in [6, 6.07) is 0.155. The Morgan fingerprint density at radius 1 is 1.05 bits per heavy atom. The molecule has 0 heterocycles. The van der Waals surface area contributed by atoms with Crippen LogP contribution in [-0.4, -0.2) is 37.1 Å². The van der Waals surface area contributed by atoms with Gasteiger partial charge >= 0.3 is 0 Å². The molecule has 0 aliphatic heterocycles. The Bertz CT molecular complexity index is 377. The third-order valence-electron chi connectivity index (χ3n) is 4.90. The number of nitrogens with two attached hydrogens (primary N) is 1. The molecule has 2 unspecified atom stereocenters. The van der Waals surface area contributed by atoms with E-state index < -0.39 is 10.0 Å². The first-order valence-electron chi connectivity index (χ1n) is 7.82. The number of nitrogens with zero attached hydrogens (tertiary/aromatic N) is 1. The smallest absolute Gasteiger partial charge is 0.217 e. The van der Waals surface area contributed by atoms with Crippen molar-refractivity contribution in [3.05, 3.63) is 0 Å². The molecule has 0 spiro atoms. The van der Waals surface area contributed by atoms with E-state index in [4.69, 9.17) is 5.73 Å². The summed E-state index contributed by atoms with van der Waals surface area (Å²) in [5.74, 6) is 0.360. The molecule has 0 amide bonds. The summed E-state index contributed by atoms with van der Waals surface area (Å²) in [7, 11) is -3.12. The minimum absolute atomic E-state index is 0.139. The molecule has 2 saturated carbocycles. The van der Waals surface area contributed by atoms with Crippen LogP contribution >= 0.6 is 0 Å². The third-order valence-corrected chi connectivity index (χ3v) is 7.40. The molecule has 0 aromatic rings.